The van der Waals surface area contributed by atoms with Crippen LogP contribution in [0.4, 0.5) is 5.69 Å². The summed E-state index contributed by atoms with van der Waals surface area (Å²) in [6.07, 6.45) is 5.05. The van der Waals surface area contributed by atoms with E-state index in [4.69, 9.17) is 0 Å². The first-order chi connectivity index (χ1) is 10.1. The maximum absolute atomic E-state index is 11.7. The molecule has 0 aliphatic carbocycles. The number of aromatic nitrogens is 2. The Morgan fingerprint density at radius 1 is 1.38 bits per heavy atom. The molecule has 110 valence electrons. The highest BCUT2D eigenvalue weighted by molar-refractivity contribution is 5.82. The van der Waals surface area contributed by atoms with Crippen molar-refractivity contribution in [1.82, 2.24) is 15.0 Å². The van der Waals surface area contributed by atoms with Gasteiger partial charge in [-0.15, -0.1) is 0 Å². The van der Waals surface area contributed by atoms with E-state index in [2.05, 4.69) is 15.5 Å². The molecule has 1 aromatic heterocycles. The number of anilines is 1. The highest BCUT2D eigenvalue weighted by Gasteiger charge is 2.03. The third-order valence-corrected chi connectivity index (χ3v) is 3.05. The minimum Gasteiger partial charge on any atom is -0.378 e. The van der Waals surface area contributed by atoms with E-state index >= 15 is 0 Å². The molecule has 1 N–H and O–H groups in total. The van der Waals surface area contributed by atoms with E-state index in [9.17, 15) is 4.79 Å². The summed E-state index contributed by atoms with van der Waals surface area (Å²) in [6, 6.07) is 7.89. The van der Waals surface area contributed by atoms with Crippen molar-refractivity contribution in [2.24, 2.45) is 5.10 Å². The first kappa shape index (κ1) is 14.8. The molecular formula is C15H19N5O. The number of rotatable bonds is 5. The van der Waals surface area contributed by atoms with Crippen LogP contribution in [0.15, 0.2) is 41.8 Å². The fraction of sp³-hybridized carbons (Fsp3) is 0.267. The highest BCUT2D eigenvalue weighted by atomic mass is 16.2. The van der Waals surface area contributed by atoms with Gasteiger partial charge in [0.25, 0.3) is 5.91 Å². The number of carbonyl (C=O) groups excluding carboxylic acids is 1. The van der Waals surface area contributed by atoms with Crippen LogP contribution in [0.1, 0.15) is 11.4 Å². The van der Waals surface area contributed by atoms with Gasteiger partial charge in [-0.3, -0.25) is 4.79 Å². The molecule has 0 atom stereocenters. The lowest BCUT2D eigenvalue weighted by molar-refractivity contribution is -0.121. The molecule has 0 fully saturated rings. The molecule has 0 aliphatic rings. The molecule has 2 rings (SSSR count). The van der Waals surface area contributed by atoms with Crippen molar-refractivity contribution in [2.75, 3.05) is 19.0 Å². The predicted molar refractivity (Wildman–Crippen MR) is 83.5 cm³/mol. The zero-order chi connectivity index (χ0) is 15.2. The van der Waals surface area contributed by atoms with Gasteiger partial charge in [0, 0.05) is 32.2 Å². The number of carbonyl (C=O) groups is 1. The van der Waals surface area contributed by atoms with Gasteiger partial charge < -0.3 is 9.47 Å². The van der Waals surface area contributed by atoms with E-state index in [1.165, 1.54) is 0 Å². The van der Waals surface area contributed by atoms with Crippen LogP contribution >= 0.6 is 0 Å². The highest BCUT2D eigenvalue weighted by Crippen LogP contribution is 2.10. The Morgan fingerprint density at radius 3 is 2.67 bits per heavy atom. The summed E-state index contributed by atoms with van der Waals surface area (Å²) in [6.45, 7) is 2.06. The van der Waals surface area contributed by atoms with E-state index < -0.39 is 0 Å². The second-order valence-electron chi connectivity index (χ2n) is 4.88. The number of imidazole rings is 1. The molecule has 0 saturated heterocycles. The first-order valence-corrected chi connectivity index (χ1v) is 6.63. The molecule has 0 saturated carbocycles. The van der Waals surface area contributed by atoms with Crippen LogP contribution < -0.4 is 10.3 Å². The van der Waals surface area contributed by atoms with Crippen LogP contribution in [0.3, 0.4) is 0 Å². The minimum atomic E-state index is -0.183. The molecule has 2 aromatic rings. The quantitative estimate of drug-likeness (QED) is 0.667. The lowest BCUT2D eigenvalue weighted by Crippen LogP contribution is -2.23. The van der Waals surface area contributed by atoms with E-state index in [0.717, 1.165) is 17.1 Å². The third kappa shape index (κ3) is 4.17. The minimum absolute atomic E-state index is 0.183. The van der Waals surface area contributed by atoms with Crippen molar-refractivity contribution < 1.29 is 4.79 Å². The molecule has 1 aromatic carbocycles. The van der Waals surface area contributed by atoms with E-state index in [0.29, 0.717) is 0 Å². The number of hydrogen-bond donors (Lipinski definition) is 1. The number of nitrogens with one attached hydrogen (secondary N) is 1. The normalized spacial score (nSPS) is 10.8. The molecule has 6 heteroatoms. The maximum atomic E-state index is 11.7. The van der Waals surface area contributed by atoms with Crippen LogP contribution in [-0.2, 0) is 11.3 Å². The van der Waals surface area contributed by atoms with E-state index in [-0.39, 0.29) is 12.5 Å². The molecular weight excluding hydrogens is 266 g/mol. The maximum Gasteiger partial charge on any atom is 0.260 e. The number of nitrogens with zero attached hydrogens (tertiary/aromatic N) is 4. The Morgan fingerprint density at radius 2 is 2.10 bits per heavy atom. The Labute approximate surface area is 124 Å². The van der Waals surface area contributed by atoms with Gasteiger partial charge in [0.15, 0.2) is 0 Å². The molecule has 0 aliphatic heterocycles. The Bertz CT molecular complexity index is 628. The van der Waals surface area contributed by atoms with E-state index in [1.807, 2.05) is 50.2 Å². The van der Waals surface area contributed by atoms with Gasteiger partial charge in [0.1, 0.15) is 12.4 Å². The predicted octanol–water partition coefficient (Wildman–Crippen LogP) is 1.41. The lowest BCUT2D eigenvalue weighted by atomic mass is 10.2. The Kier molecular flexibility index (Phi) is 4.71. The zero-order valence-corrected chi connectivity index (χ0v) is 12.4. The van der Waals surface area contributed by atoms with Crippen molar-refractivity contribution in [3.8, 4) is 0 Å². The molecule has 6 nitrogen and oxygen atoms in total. The van der Waals surface area contributed by atoms with Crippen molar-refractivity contribution in [3.63, 3.8) is 0 Å². The van der Waals surface area contributed by atoms with Gasteiger partial charge >= 0.3 is 0 Å². The van der Waals surface area contributed by atoms with Gasteiger partial charge in [0.05, 0.1) is 6.21 Å². The van der Waals surface area contributed by atoms with Gasteiger partial charge in [-0.2, -0.15) is 5.10 Å². The number of hydrogen-bond acceptors (Lipinski definition) is 4. The summed E-state index contributed by atoms with van der Waals surface area (Å²) in [4.78, 5) is 17.8. The fourth-order valence-electron chi connectivity index (χ4n) is 1.80. The summed E-state index contributed by atoms with van der Waals surface area (Å²) >= 11 is 0. The van der Waals surface area contributed by atoms with Crippen LogP contribution in [0, 0.1) is 6.92 Å². The lowest BCUT2D eigenvalue weighted by Gasteiger charge is -2.11. The average Bonchev–Trinajstić information content (AvgIpc) is 2.85. The average molecular weight is 285 g/mol. The standard InChI is InChI=1S/C15H19N5O/c1-12-16-8-9-20(12)11-15(21)18-17-10-13-4-6-14(7-5-13)19(2)3/h4-10H,11H2,1-3H3,(H,18,21)/b17-10-. The molecule has 1 amide bonds. The third-order valence-electron chi connectivity index (χ3n) is 3.05. The topological polar surface area (TPSA) is 62.5 Å². The molecule has 0 bridgehead atoms. The Balaban J connectivity index is 1.87. The number of benzene rings is 1. The monoisotopic (exact) mass is 285 g/mol. The first-order valence-electron chi connectivity index (χ1n) is 6.63. The second-order valence-corrected chi connectivity index (χ2v) is 4.88. The van der Waals surface area contributed by atoms with Crippen molar-refractivity contribution in [2.45, 2.75) is 13.5 Å². The Hall–Kier alpha value is -2.63. The van der Waals surface area contributed by atoms with Gasteiger partial charge in [0.2, 0.25) is 0 Å². The van der Waals surface area contributed by atoms with Gasteiger partial charge in [-0.25, -0.2) is 10.4 Å². The summed E-state index contributed by atoms with van der Waals surface area (Å²) in [7, 11) is 3.98. The van der Waals surface area contributed by atoms with Crippen molar-refractivity contribution in [3.05, 3.63) is 48.0 Å². The second kappa shape index (κ2) is 6.69. The molecule has 21 heavy (non-hydrogen) atoms. The summed E-state index contributed by atoms with van der Waals surface area (Å²) in [5.41, 5.74) is 4.55. The number of aryl methyl sites for hydroxylation is 1. The van der Waals surface area contributed by atoms with Crippen LogP contribution in [0.2, 0.25) is 0 Å². The van der Waals surface area contributed by atoms with Crippen molar-refractivity contribution >= 4 is 17.8 Å². The van der Waals surface area contributed by atoms with Crippen molar-refractivity contribution in [1.29, 1.82) is 0 Å². The summed E-state index contributed by atoms with van der Waals surface area (Å²) in [5.74, 6) is 0.616. The molecule has 0 spiro atoms. The SMILES string of the molecule is Cc1nccn1CC(=O)N/N=C\c1ccc(N(C)C)cc1. The number of amides is 1. The van der Waals surface area contributed by atoms with Gasteiger partial charge in [-0.1, -0.05) is 12.1 Å². The van der Waals surface area contributed by atoms with Crippen LogP contribution in [-0.4, -0.2) is 35.8 Å². The summed E-state index contributed by atoms with van der Waals surface area (Å²) < 4.78 is 1.76. The van der Waals surface area contributed by atoms with Crippen LogP contribution in [0.5, 0.6) is 0 Å². The van der Waals surface area contributed by atoms with E-state index in [1.54, 1.807) is 23.2 Å². The molecule has 0 radical (unpaired) electrons. The molecule has 1 heterocycles. The summed E-state index contributed by atoms with van der Waals surface area (Å²) in [5, 5.41) is 3.95. The molecule has 0 unspecified atom stereocenters. The smallest absolute Gasteiger partial charge is 0.260 e. The fourth-order valence-corrected chi connectivity index (χ4v) is 1.80. The largest absolute Gasteiger partial charge is 0.378 e. The number of hydrazone groups is 1. The van der Waals surface area contributed by atoms with Gasteiger partial charge in [-0.05, 0) is 24.6 Å². The van der Waals surface area contributed by atoms with Crippen LogP contribution in [0.25, 0.3) is 0 Å². The zero-order valence-electron chi connectivity index (χ0n) is 12.4.